The van der Waals surface area contributed by atoms with E-state index in [0.717, 1.165) is 6.54 Å². The molecule has 0 rings (SSSR count). The Morgan fingerprint density at radius 1 is 1.55 bits per heavy atom. The van der Waals surface area contributed by atoms with E-state index >= 15 is 0 Å². The van der Waals surface area contributed by atoms with Crippen LogP contribution in [0.5, 0.6) is 0 Å². The highest BCUT2D eigenvalue weighted by Gasteiger charge is 2.08. The van der Waals surface area contributed by atoms with E-state index < -0.39 is 0 Å². The third-order valence-electron chi connectivity index (χ3n) is 1.39. The van der Waals surface area contributed by atoms with E-state index in [4.69, 9.17) is 5.11 Å². The lowest BCUT2D eigenvalue weighted by atomic mass is 10.2. The Labute approximate surface area is 68.0 Å². The highest BCUT2D eigenvalue weighted by molar-refractivity contribution is 5.75. The predicted molar refractivity (Wildman–Crippen MR) is 44.2 cm³/mol. The lowest BCUT2D eigenvalue weighted by Gasteiger charge is -2.18. The second kappa shape index (κ2) is 5.13. The number of aliphatic hydroxyl groups is 1. The van der Waals surface area contributed by atoms with Gasteiger partial charge in [-0.25, -0.2) is 0 Å². The van der Waals surface area contributed by atoms with Gasteiger partial charge >= 0.3 is 0 Å². The molecule has 1 amide bonds. The summed E-state index contributed by atoms with van der Waals surface area (Å²) in [6.07, 6.45) is 0.239. The number of aliphatic hydroxyl groups excluding tert-OH is 1. The molecule has 3 nitrogen and oxygen atoms in total. The summed E-state index contributed by atoms with van der Waals surface area (Å²) in [5, 5.41) is 8.47. The van der Waals surface area contributed by atoms with Crippen LogP contribution in [0.15, 0.2) is 0 Å². The topological polar surface area (TPSA) is 40.5 Å². The van der Waals surface area contributed by atoms with Crippen LogP contribution >= 0.6 is 0 Å². The molecule has 0 radical (unpaired) electrons. The quantitative estimate of drug-likeness (QED) is 0.648. The van der Waals surface area contributed by atoms with Crippen molar-refractivity contribution in [1.29, 1.82) is 0 Å². The van der Waals surface area contributed by atoms with Gasteiger partial charge in [0, 0.05) is 20.0 Å². The van der Waals surface area contributed by atoms with Gasteiger partial charge in [0.15, 0.2) is 0 Å². The lowest BCUT2D eigenvalue weighted by Crippen LogP contribution is -2.30. The third kappa shape index (κ3) is 4.79. The van der Waals surface area contributed by atoms with Gasteiger partial charge in [-0.05, 0) is 5.92 Å². The van der Waals surface area contributed by atoms with Crippen LogP contribution in [-0.2, 0) is 4.79 Å². The summed E-state index contributed by atoms with van der Waals surface area (Å²) in [6.45, 7) is 4.82. The molecular formula is C8H17NO2. The van der Waals surface area contributed by atoms with Gasteiger partial charge in [0.1, 0.15) is 0 Å². The van der Waals surface area contributed by atoms with Gasteiger partial charge in [0.05, 0.1) is 6.61 Å². The maximum Gasteiger partial charge on any atom is 0.224 e. The summed E-state index contributed by atoms with van der Waals surface area (Å²) in [5.41, 5.74) is 0. The first-order valence-corrected chi connectivity index (χ1v) is 3.92. The molecule has 0 atom stereocenters. The van der Waals surface area contributed by atoms with Crippen LogP contribution in [0, 0.1) is 5.92 Å². The Hall–Kier alpha value is -0.570. The Morgan fingerprint density at radius 3 is 2.45 bits per heavy atom. The number of hydrogen-bond donors (Lipinski definition) is 1. The van der Waals surface area contributed by atoms with Gasteiger partial charge in [-0.2, -0.15) is 0 Å². The first-order chi connectivity index (χ1) is 5.07. The van der Waals surface area contributed by atoms with Gasteiger partial charge in [0.25, 0.3) is 0 Å². The van der Waals surface area contributed by atoms with Crippen molar-refractivity contribution in [3.63, 3.8) is 0 Å². The first-order valence-electron chi connectivity index (χ1n) is 3.92. The van der Waals surface area contributed by atoms with Gasteiger partial charge < -0.3 is 10.0 Å². The van der Waals surface area contributed by atoms with Crippen LogP contribution in [0.4, 0.5) is 0 Å². The second-order valence-electron chi connectivity index (χ2n) is 3.14. The molecule has 0 spiro atoms. The van der Waals surface area contributed by atoms with Crippen molar-refractivity contribution in [2.45, 2.75) is 20.3 Å². The number of nitrogens with zero attached hydrogens (tertiary/aromatic N) is 1. The highest BCUT2D eigenvalue weighted by atomic mass is 16.3. The monoisotopic (exact) mass is 159 g/mol. The zero-order valence-corrected chi connectivity index (χ0v) is 7.50. The Bertz CT molecular complexity index is 123. The van der Waals surface area contributed by atoms with Gasteiger partial charge in [0.2, 0.25) is 5.91 Å². The number of carbonyl (C=O) groups excluding carboxylic acids is 1. The summed E-state index contributed by atoms with van der Waals surface area (Å²) in [5.74, 6) is 0.504. The molecule has 0 bridgehead atoms. The third-order valence-corrected chi connectivity index (χ3v) is 1.39. The summed E-state index contributed by atoms with van der Waals surface area (Å²) >= 11 is 0. The molecule has 0 unspecified atom stereocenters. The fourth-order valence-electron chi connectivity index (χ4n) is 0.936. The minimum absolute atomic E-state index is 0.0150. The maximum atomic E-state index is 11.0. The largest absolute Gasteiger partial charge is 0.396 e. The standard InChI is InChI=1S/C8H17NO2/c1-7(2)6-9(3)8(11)4-5-10/h7,10H,4-6H2,1-3H3. The van der Waals surface area contributed by atoms with Gasteiger partial charge in [-0.3, -0.25) is 4.79 Å². The smallest absolute Gasteiger partial charge is 0.224 e. The fraction of sp³-hybridized carbons (Fsp3) is 0.875. The van der Waals surface area contributed by atoms with Crippen LogP contribution in [0.1, 0.15) is 20.3 Å². The van der Waals surface area contributed by atoms with Crippen LogP contribution in [0.2, 0.25) is 0 Å². The van der Waals surface area contributed by atoms with E-state index in [2.05, 4.69) is 13.8 Å². The molecular weight excluding hydrogens is 142 g/mol. The Balaban J connectivity index is 3.64. The minimum Gasteiger partial charge on any atom is -0.396 e. The van der Waals surface area contributed by atoms with Gasteiger partial charge in [-0.1, -0.05) is 13.8 Å². The fourth-order valence-corrected chi connectivity index (χ4v) is 0.936. The molecule has 1 N–H and O–H groups in total. The van der Waals surface area contributed by atoms with Crippen molar-refractivity contribution in [2.75, 3.05) is 20.2 Å². The van der Waals surface area contributed by atoms with Crippen molar-refractivity contribution >= 4 is 5.91 Å². The Kier molecular flexibility index (Phi) is 4.86. The van der Waals surface area contributed by atoms with E-state index in [9.17, 15) is 4.79 Å². The first kappa shape index (κ1) is 10.4. The average molecular weight is 159 g/mol. The van der Waals surface area contributed by atoms with Gasteiger partial charge in [-0.15, -0.1) is 0 Å². The minimum atomic E-state index is -0.0543. The van der Waals surface area contributed by atoms with E-state index in [1.807, 2.05) is 0 Å². The van der Waals surface area contributed by atoms with Crippen LogP contribution in [-0.4, -0.2) is 36.1 Å². The van der Waals surface area contributed by atoms with Crippen molar-refractivity contribution in [3.8, 4) is 0 Å². The van der Waals surface area contributed by atoms with E-state index in [1.165, 1.54) is 0 Å². The number of rotatable bonds is 4. The molecule has 0 heterocycles. The molecule has 0 fully saturated rings. The number of carbonyl (C=O) groups is 1. The molecule has 0 aliphatic rings. The number of amides is 1. The molecule has 0 aliphatic carbocycles. The summed E-state index contributed by atoms with van der Waals surface area (Å²) in [7, 11) is 1.76. The Morgan fingerprint density at radius 2 is 2.09 bits per heavy atom. The highest BCUT2D eigenvalue weighted by Crippen LogP contribution is 1.97. The zero-order chi connectivity index (χ0) is 8.85. The van der Waals surface area contributed by atoms with Crippen LogP contribution < -0.4 is 0 Å². The molecule has 0 aromatic heterocycles. The SMILES string of the molecule is CC(C)CN(C)C(=O)CCO. The lowest BCUT2D eigenvalue weighted by molar-refractivity contribution is -0.131. The van der Waals surface area contributed by atoms with E-state index in [0.29, 0.717) is 5.92 Å². The average Bonchev–Trinajstić information content (AvgIpc) is 1.86. The van der Waals surface area contributed by atoms with Crippen molar-refractivity contribution < 1.29 is 9.90 Å². The normalized spacial score (nSPS) is 10.3. The summed E-state index contributed by atoms with van der Waals surface area (Å²) < 4.78 is 0. The summed E-state index contributed by atoms with van der Waals surface area (Å²) in [4.78, 5) is 12.7. The van der Waals surface area contributed by atoms with Crippen LogP contribution in [0.3, 0.4) is 0 Å². The molecule has 0 saturated carbocycles. The zero-order valence-electron chi connectivity index (χ0n) is 7.50. The molecule has 0 saturated heterocycles. The van der Waals surface area contributed by atoms with Crippen molar-refractivity contribution in [2.24, 2.45) is 5.92 Å². The molecule has 0 aromatic rings. The van der Waals surface area contributed by atoms with E-state index in [-0.39, 0.29) is 18.9 Å². The maximum absolute atomic E-state index is 11.0. The molecule has 11 heavy (non-hydrogen) atoms. The molecule has 66 valence electrons. The molecule has 0 aromatic carbocycles. The second-order valence-corrected chi connectivity index (χ2v) is 3.14. The molecule has 0 aliphatic heterocycles. The summed E-state index contributed by atoms with van der Waals surface area (Å²) in [6, 6.07) is 0. The predicted octanol–water partition coefficient (Wildman–Crippen LogP) is 0.483. The van der Waals surface area contributed by atoms with Crippen molar-refractivity contribution in [3.05, 3.63) is 0 Å². The van der Waals surface area contributed by atoms with E-state index in [1.54, 1.807) is 11.9 Å². The van der Waals surface area contributed by atoms with Crippen LogP contribution in [0.25, 0.3) is 0 Å². The number of hydrogen-bond acceptors (Lipinski definition) is 2. The molecule has 3 heteroatoms. The van der Waals surface area contributed by atoms with Crippen molar-refractivity contribution in [1.82, 2.24) is 4.90 Å².